The number of amides is 3. The van der Waals surface area contributed by atoms with E-state index < -0.39 is 12.0 Å². The van der Waals surface area contributed by atoms with E-state index in [0.29, 0.717) is 13.1 Å². The van der Waals surface area contributed by atoms with Gasteiger partial charge in [-0.2, -0.15) is 0 Å². The number of aromatic hydroxyl groups is 1. The van der Waals surface area contributed by atoms with E-state index in [0.717, 1.165) is 6.07 Å². The van der Waals surface area contributed by atoms with Gasteiger partial charge in [-0.15, -0.1) is 0 Å². The fraction of sp³-hybridized carbons (Fsp3) is 0.250. The number of phenolic OH excluding ortho intramolecular Hbond substituents is 1. The third-order valence-corrected chi connectivity index (χ3v) is 2.81. The van der Waals surface area contributed by atoms with Crippen LogP contribution in [0.4, 0.5) is 10.5 Å². The summed E-state index contributed by atoms with van der Waals surface area (Å²) in [5, 5.41) is 23.4. The molecule has 1 aliphatic rings. The molecule has 0 spiro atoms. The first-order valence-corrected chi connectivity index (χ1v) is 5.86. The maximum absolute atomic E-state index is 11.9. The maximum atomic E-state index is 11.9. The molecular formula is C12H13N3O5. The lowest BCUT2D eigenvalue weighted by molar-refractivity contribution is -0.123. The Morgan fingerprint density at radius 1 is 1.35 bits per heavy atom. The van der Waals surface area contributed by atoms with Crippen molar-refractivity contribution in [2.24, 2.45) is 0 Å². The number of phenols is 1. The second-order valence-electron chi connectivity index (χ2n) is 4.24. The highest BCUT2D eigenvalue weighted by atomic mass is 16.4. The molecule has 0 radical (unpaired) electrons. The summed E-state index contributed by atoms with van der Waals surface area (Å²) in [5.41, 5.74) is 0.00355. The molecule has 0 atom stereocenters. The fourth-order valence-corrected chi connectivity index (χ4v) is 1.78. The first-order valence-electron chi connectivity index (χ1n) is 5.86. The van der Waals surface area contributed by atoms with Gasteiger partial charge in [-0.25, -0.2) is 9.59 Å². The zero-order valence-corrected chi connectivity index (χ0v) is 10.4. The monoisotopic (exact) mass is 279 g/mol. The molecule has 8 nitrogen and oxygen atoms in total. The molecule has 20 heavy (non-hydrogen) atoms. The van der Waals surface area contributed by atoms with Crippen LogP contribution in [0.3, 0.4) is 0 Å². The maximum Gasteiger partial charge on any atom is 0.335 e. The summed E-state index contributed by atoms with van der Waals surface area (Å²) in [4.78, 5) is 35.1. The lowest BCUT2D eigenvalue weighted by Gasteiger charge is -2.26. The predicted octanol–water partition coefficient (Wildman–Crippen LogP) is 0.0541. The highest BCUT2D eigenvalue weighted by Crippen LogP contribution is 2.24. The molecule has 1 heterocycles. The summed E-state index contributed by atoms with van der Waals surface area (Å²) in [5.74, 6) is -1.78. The minimum Gasteiger partial charge on any atom is -0.506 e. The number of nitrogens with zero attached hydrogens (tertiary/aromatic N) is 1. The van der Waals surface area contributed by atoms with Crippen LogP contribution in [0.2, 0.25) is 0 Å². The largest absolute Gasteiger partial charge is 0.506 e. The Labute approximate surface area is 114 Å². The van der Waals surface area contributed by atoms with Crippen LogP contribution >= 0.6 is 0 Å². The first-order chi connectivity index (χ1) is 9.47. The van der Waals surface area contributed by atoms with Gasteiger partial charge < -0.3 is 25.7 Å². The average Bonchev–Trinajstić information content (AvgIpc) is 2.40. The Bertz CT molecular complexity index is 572. The van der Waals surface area contributed by atoms with Gasteiger partial charge in [0.05, 0.1) is 11.3 Å². The summed E-state index contributed by atoms with van der Waals surface area (Å²) in [7, 11) is 0. The van der Waals surface area contributed by atoms with Crippen LogP contribution in [0, 0.1) is 0 Å². The number of anilines is 1. The molecular weight excluding hydrogens is 266 g/mol. The Morgan fingerprint density at radius 2 is 2.10 bits per heavy atom. The van der Waals surface area contributed by atoms with E-state index in [-0.39, 0.29) is 29.5 Å². The third kappa shape index (κ3) is 2.97. The van der Waals surface area contributed by atoms with E-state index in [2.05, 4.69) is 10.6 Å². The molecule has 1 aromatic carbocycles. The first kappa shape index (κ1) is 13.7. The van der Waals surface area contributed by atoms with Crippen molar-refractivity contribution in [1.82, 2.24) is 10.2 Å². The number of aromatic carboxylic acids is 1. The number of piperazine rings is 1. The minimum atomic E-state index is -1.18. The van der Waals surface area contributed by atoms with Gasteiger partial charge in [0.1, 0.15) is 12.3 Å². The smallest absolute Gasteiger partial charge is 0.335 e. The topological polar surface area (TPSA) is 119 Å². The van der Waals surface area contributed by atoms with Gasteiger partial charge in [0.25, 0.3) is 0 Å². The number of benzene rings is 1. The second kappa shape index (κ2) is 5.47. The van der Waals surface area contributed by atoms with Crippen LogP contribution < -0.4 is 10.6 Å². The van der Waals surface area contributed by atoms with E-state index in [1.165, 1.54) is 17.0 Å². The van der Waals surface area contributed by atoms with E-state index in [1.54, 1.807) is 0 Å². The van der Waals surface area contributed by atoms with Crippen molar-refractivity contribution >= 4 is 23.6 Å². The minimum absolute atomic E-state index is 0.0557. The molecule has 8 heteroatoms. The SMILES string of the molecule is O=C1CN(C(=O)Nc2ccc(C(=O)O)cc2O)CCN1. The zero-order valence-electron chi connectivity index (χ0n) is 10.4. The van der Waals surface area contributed by atoms with E-state index in [1.807, 2.05) is 0 Å². The quantitative estimate of drug-likeness (QED) is 0.570. The molecule has 1 aliphatic heterocycles. The standard InChI is InChI=1S/C12H13N3O5/c16-9-5-7(11(18)19)1-2-8(9)14-12(20)15-4-3-13-10(17)6-15/h1-2,5,16H,3-4,6H2,(H,13,17)(H,14,20)(H,18,19). The Balaban J connectivity index is 2.07. The normalized spacial score (nSPS) is 14.6. The molecule has 4 N–H and O–H groups in total. The van der Waals surface area contributed by atoms with Crippen molar-refractivity contribution in [2.75, 3.05) is 25.0 Å². The molecule has 1 aromatic rings. The van der Waals surface area contributed by atoms with E-state index in [9.17, 15) is 19.5 Å². The highest BCUT2D eigenvalue weighted by molar-refractivity contribution is 5.95. The van der Waals surface area contributed by atoms with Crippen LogP contribution in [0.15, 0.2) is 18.2 Å². The summed E-state index contributed by atoms with van der Waals surface area (Å²) in [6.07, 6.45) is 0. The number of urea groups is 1. The molecule has 0 aromatic heterocycles. The molecule has 106 valence electrons. The van der Waals surface area contributed by atoms with Gasteiger partial charge in [-0.1, -0.05) is 0 Å². The number of rotatable bonds is 2. The van der Waals surface area contributed by atoms with Crippen molar-refractivity contribution in [3.63, 3.8) is 0 Å². The van der Waals surface area contributed by atoms with E-state index >= 15 is 0 Å². The number of hydrogen-bond acceptors (Lipinski definition) is 4. The lowest BCUT2D eigenvalue weighted by Crippen LogP contribution is -2.51. The van der Waals surface area contributed by atoms with Crippen LogP contribution in [0.1, 0.15) is 10.4 Å². The summed E-state index contributed by atoms with van der Waals surface area (Å²) in [6.45, 7) is 0.682. The van der Waals surface area contributed by atoms with Gasteiger partial charge >= 0.3 is 12.0 Å². The Hall–Kier alpha value is -2.77. The van der Waals surface area contributed by atoms with Crippen molar-refractivity contribution in [1.29, 1.82) is 0 Å². The van der Waals surface area contributed by atoms with Gasteiger partial charge in [-0.05, 0) is 18.2 Å². The van der Waals surface area contributed by atoms with Gasteiger partial charge in [0.15, 0.2) is 0 Å². The number of carbonyl (C=O) groups is 3. The fourth-order valence-electron chi connectivity index (χ4n) is 1.78. The summed E-state index contributed by atoms with van der Waals surface area (Å²) >= 11 is 0. The summed E-state index contributed by atoms with van der Waals surface area (Å²) < 4.78 is 0. The van der Waals surface area contributed by atoms with Crippen molar-refractivity contribution in [3.8, 4) is 5.75 Å². The molecule has 1 saturated heterocycles. The second-order valence-corrected chi connectivity index (χ2v) is 4.24. The van der Waals surface area contributed by atoms with Gasteiger partial charge in [0.2, 0.25) is 5.91 Å². The van der Waals surface area contributed by atoms with Crippen LogP contribution in [0.5, 0.6) is 5.75 Å². The molecule has 0 saturated carbocycles. The Morgan fingerprint density at radius 3 is 2.70 bits per heavy atom. The van der Waals surface area contributed by atoms with E-state index in [4.69, 9.17) is 5.11 Å². The number of carboxylic acid groups (broad SMARTS) is 1. The van der Waals surface area contributed by atoms with Crippen molar-refractivity contribution in [2.45, 2.75) is 0 Å². The van der Waals surface area contributed by atoms with Crippen LogP contribution in [-0.2, 0) is 4.79 Å². The molecule has 1 fully saturated rings. The number of hydrogen-bond donors (Lipinski definition) is 4. The zero-order chi connectivity index (χ0) is 14.7. The molecule has 0 bridgehead atoms. The third-order valence-electron chi connectivity index (χ3n) is 2.81. The molecule has 3 amide bonds. The predicted molar refractivity (Wildman–Crippen MR) is 68.7 cm³/mol. The molecule has 2 rings (SSSR count). The van der Waals surface area contributed by atoms with Crippen molar-refractivity contribution in [3.05, 3.63) is 23.8 Å². The number of carboxylic acids is 1. The molecule has 0 aliphatic carbocycles. The number of carbonyl (C=O) groups excluding carboxylic acids is 2. The van der Waals surface area contributed by atoms with Crippen LogP contribution in [-0.4, -0.2) is 52.7 Å². The molecule has 0 unspecified atom stereocenters. The number of nitrogens with one attached hydrogen (secondary N) is 2. The van der Waals surface area contributed by atoms with Gasteiger partial charge in [-0.3, -0.25) is 4.79 Å². The van der Waals surface area contributed by atoms with Crippen LogP contribution in [0.25, 0.3) is 0 Å². The van der Waals surface area contributed by atoms with Crippen molar-refractivity contribution < 1.29 is 24.6 Å². The lowest BCUT2D eigenvalue weighted by atomic mass is 10.2. The highest BCUT2D eigenvalue weighted by Gasteiger charge is 2.21. The van der Waals surface area contributed by atoms with Gasteiger partial charge in [0, 0.05) is 13.1 Å². The summed E-state index contributed by atoms with van der Waals surface area (Å²) in [6, 6.07) is 3.07. The average molecular weight is 279 g/mol. The Kier molecular flexibility index (Phi) is 3.74.